The largest absolute Gasteiger partial charge is 0.508 e. The Labute approximate surface area is 535 Å². The number of aromatic nitrogens is 2. The van der Waals surface area contributed by atoms with Gasteiger partial charge in [-0.1, -0.05) is 36.4 Å². The van der Waals surface area contributed by atoms with Crippen LogP contribution in [0.2, 0.25) is 0 Å². The van der Waals surface area contributed by atoms with Crippen molar-refractivity contribution in [3.05, 3.63) is 231 Å². The Balaban J connectivity index is 0.000000148. The summed E-state index contributed by atoms with van der Waals surface area (Å²) in [5, 5.41) is 63.8. The molecule has 0 fully saturated rings. The summed E-state index contributed by atoms with van der Waals surface area (Å²) < 4.78 is 20.5. The number of aliphatic carboxylic acids is 3. The number of aromatic hydroxyl groups is 3. The molecule has 6 aromatic carbocycles. The van der Waals surface area contributed by atoms with E-state index in [1.165, 1.54) is 86.2 Å². The Hall–Kier alpha value is -10.4. The number of rotatable bonds is 18. The molecule has 0 aliphatic carbocycles. The van der Waals surface area contributed by atoms with Crippen LogP contribution in [0.5, 0.6) is 51.7 Å². The van der Waals surface area contributed by atoms with Crippen molar-refractivity contribution in [3.8, 4) is 51.7 Å². The van der Waals surface area contributed by atoms with E-state index < -0.39 is 17.9 Å². The molecule has 450 valence electrons. The maximum atomic E-state index is 13.2. The van der Waals surface area contributed by atoms with E-state index in [1.807, 2.05) is 30.0 Å². The summed E-state index contributed by atoms with van der Waals surface area (Å²) in [4.78, 5) is 81.7. The molecule has 90 heavy (non-hydrogen) atoms. The van der Waals surface area contributed by atoms with Gasteiger partial charge in [0, 0.05) is 70.5 Å². The molecule has 0 bridgehead atoms. The second-order valence-electron chi connectivity index (χ2n) is 19.4. The Morgan fingerprint density at radius 3 is 1.17 bits per heavy atom. The van der Waals surface area contributed by atoms with Gasteiger partial charge in [-0.05, 0) is 158 Å². The van der Waals surface area contributed by atoms with Crippen molar-refractivity contribution >= 4 is 152 Å². The fourth-order valence-corrected chi connectivity index (χ4v) is 14.4. The van der Waals surface area contributed by atoms with E-state index in [1.54, 1.807) is 140 Å². The lowest BCUT2D eigenvalue weighted by molar-refractivity contribution is -0.132. The van der Waals surface area contributed by atoms with Crippen molar-refractivity contribution in [2.75, 3.05) is 0 Å². The first-order valence-corrected chi connectivity index (χ1v) is 31.7. The quantitative estimate of drug-likeness (QED) is 0.0344. The van der Waals surface area contributed by atoms with Crippen LogP contribution in [0.3, 0.4) is 0 Å². The Kier molecular flexibility index (Phi) is 19.3. The summed E-state index contributed by atoms with van der Waals surface area (Å²) in [6.45, 7) is 5.51. The van der Waals surface area contributed by atoms with E-state index in [9.17, 15) is 44.1 Å². The van der Waals surface area contributed by atoms with Gasteiger partial charge < -0.3 is 44.8 Å². The van der Waals surface area contributed by atoms with Crippen LogP contribution in [0.15, 0.2) is 167 Å². The number of phenols is 3. The van der Waals surface area contributed by atoms with Crippen molar-refractivity contribution in [1.29, 1.82) is 0 Å². The number of thiazole rings is 2. The first kappa shape index (κ1) is 62.6. The number of fused-ring (bicyclic) bond motifs is 3. The highest BCUT2D eigenvalue weighted by Crippen LogP contribution is 2.46. The number of hydrogen-bond donors (Lipinski definition) is 6. The van der Waals surface area contributed by atoms with Crippen LogP contribution in [0, 0.1) is 20.8 Å². The zero-order valence-corrected chi connectivity index (χ0v) is 52.0. The van der Waals surface area contributed by atoms with Crippen LogP contribution in [-0.2, 0) is 14.4 Å². The van der Waals surface area contributed by atoms with E-state index in [0.29, 0.717) is 86.8 Å². The fourth-order valence-electron chi connectivity index (χ4n) is 8.63. The molecule has 0 saturated heterocycles. The van der Waals surface area contributed by atoms with E-state index in [2.05, 4.69) is 9.97 Å². The van der Waals surface area contributed by atoms with Crippen molar-refractivity contribution in [1.82, 2.24) is 9.97 Å². The minimum Gasteiger partial charge on any atom is -0.508 e. The second-order valence-corrected chi connectivity index (χ2v) is 25.0. The van der Waals surface area contributed by atoms with Gasteiger partial charge in [0.05, 0.1) is 16.1 Å². The summed E-state index contributed by atoms with van der Waals surface area (Å²) in [5.74, 6) is -0.465. The number of thiophene rings is 4. The normalized spacial score (nSPS) is 11.2. The lowest BCUT2D eigenvalue weighted by Crippen LogP contribution is -2.01. The average Bonchev–Trinajstić information content (AvgIpc) is 1.77. The third-order valence-corrected chi connectivity index (χ3v) is 19.1. The molecule has 0 amide bonds. The minimum atomic E-state index is -1.02. The van der Waals surface area contributed by atoms with Gasteiger partial charge in [-0.15, -0.1) is 56.7 Å². The van der Waals surface area contributed by atoms with Crippen LogP contribution in [-0.4, -0.2) is 75.9 Å². The molecule has 17 nitrogen and oxygen atoms in total. The maximum Gasteiger partial charge on any atom is 0.328 e. The monoisotopic (exact) mass is 1310 g/mol. The lowest BCUT2D eigenvalue weighted by atomic mass is 10.1. The molecule has 0 radical (unpaired) electrons. The molecule has 12 rings (SSSR count). The Morgan fingerprint density at radius 1 is 0.444 bits per heavy atom. The molecule has 0 atom stereocenters. The van der Waals surface area contributed by atoms with Gasteiger partial charge in [-0.25, -0.2) is 24.4 Å². The Bertz CT molecular complexity index is 4610. The highest BCUT2D eigenvalue weighted by molar-refractivity contribution is 7.23. The molecular weight excluding hydrogens is 1270 g/mol. The lowest BCUT2D eigenvalue weighted by Gasteiger charge is -2.08. The molecule has 0 saturated carbocycles. The maximum absolute atomic E-state index is 13.2. The van der Waals surface area contributed by atoms with Crippen molar-refractivity contribution < 1.29 is 73.6 Å². The number of benzene rings is 6. The number of carbonyl (C=O) groups is 6. The summed E-state index contributed by atoms with van der Waals surface area (Å²) in [6.07, 6.45) is 7.63. The molecule has 0 unspecified atom stereocenters. The summed E-state index contributed by atoms with van der Waals surface area (Å²) in [6, 6.07) is 35.3. The molecule has 12 aromatic rings. The van der Waals surface area contributed by atoms with Gasteiger partial charge in [0.15, 0.2) is 22.3 Å². The highest BCUT2D eigenvalue weighted by Gasteiger charge is 2.27. The average molecular weight is 1310 g/mol. The van der Waals surface area contributed by atoms with E-state index in [4.69, 9.17) is 29.5 Å². The molecule has 6 aromatic heterocycles. The number of carboxylic acids is 3. The first-order chi connectivity index (χ1) is 43.2. The van der Waals surface area contributed by atoms with Crippen LogP contribution in [0.25, 0.3) is 48.5 Å². The third kappa shape index (κ3) is 14.9. The van der Waals surface area contributed by atoms with Crippen molar-refractivity contribution in [2.24, 2.45) is 0 Å². The van der Waals surface area contributed by atoms with Gasteiger partial charge in [0.1, 0.15) is 49.1 Å². The second kappa shape index (κ2) is 27.7. The van der Waals surface area contributed by atoms with Gasteiger partial charge >= 0.3 is 17.9 Å². The predicted molar refractivity (Wildman–Crippen MR) is 353 cm³/mol. The summed E-state index contributed by atoms with van der Waals surface area (Å²) in [5.41, 5.74) is 6.74. The first-order valence-electron chi connectivity index (χ1n) is 26.6. The molecule has 6 N–H and O–H groups in total. The number of aryl methyl sites for hydroxylation is 3. The number of hydrogen-bond acceptors (Lipinski definition) is 20. The predicted octanol–water partition coefficient (Wildman–Crippen LogP) is 17.1. The smallest absolute Gasteiger partial charge is 0.328 e. The molecule has 0 aliphatic rings. The van der Waals surface area contributed by atoms with Crippen molar-refractivity contribution in [3.63, 3.8) is 0 Å². The Morgan fingerprint density at radius 2 is 0.833 bits per heavy atom. The topological polar surface area (TPSA) is 277 Å². The molecule has 0 aliphatic heterocycles. The number of carboxylic acid groups (broad SMARTS) is 3. The summed E-state index contributed by atoms with van der Waals surface area (Å²) >= 11 is 7.80. The zero-order chi connectivity index (χ0) is 63.8. The third-order valence-electron chi connectivity index (χ3n) is 12.9. The molecule has 0 spiro atoms. The van der Waals surface area contributed by atoms with Crippen LogP contribution in [0.4, 0.5) is 0 Å². The number of nitrogens with zero attached hydrogens (tertiary/aromatic N) is 2. The van der Waals surface area contributed by atoms with Gasteiger partial charge in [0.2, 0.25) is 17.3 Å². The van der Waals surface area contributed by atoms with Crippen LogP contribution < -0.4 is 14.2 Å². The van der Waals surface area contributed by atoms with Crippen LogP contribution in [0.1, 0.15) is 78.1 Å². The SMILES string of the molecule is Cc1csc(C(=O)c2sc3cc(O)ccc3c2Oc2ccc(/C=C/C(=O)O)cc2)n1.Cc1cscc1C(=O)c1sc2cc(O)ccc2c1Oc1ccc(/C=C/C(=O)O)cc1.Cc1ncsc1C(=O)c1sc2cc(O)ccc2c1Oc1ccc(/C=C/C(=O)O)cc1. The molecule has 23 heteroatoms. The zero-order valence-electron chi connectivity index (χ0n) is 47.1. The van der Waals surface area contributed by atoms with Gasteiger partial charge in [-0.2, -0.15) is 11.3 Å². The highest BCUT2D eigenvalue weighted by atomic mass is 32.1. The van der Waals surface area contributed by atoms with Gasteiger partial charge in [0.25, 0.3) is 0 Å². The van der Waals surface area contributed by atoms with Crippen LogP contribution >= 0.6 is 68.0 Å². The fraction of sp³-hybridized carbons (Fsp3) is 0.0448. The minimum absolute atomic E-state index is 0.106. The van der Waals surface area contributed by atoms with E-state index in [0.717, 1.165) is 59.9 Å². The van der Waals surface area contributed by atoms with Gasteiger partial charge in [-0.3, -0.25) is 14.4 Å². The van der Waals surface area contributed by atoms with E-state index >= 15 is 0 Å². The number of ether oxygens (including phenoxy) is 3. The standard InChI is InChI=1S/C23H16O5S2.2C22H15NO5S2/c1-13-11-29-12-18(13)21(27)23-22(17-8-5-15(24)10-19(17)30-23)28-16-6-2-14(3-7-16)4-9-20(25)26;1-12-21(29-11-23-12)19(27)22-20(16-8-5-14(24)10-17(16)30-22)28-15-6-2-13(3-7-15)4-9-18(25)26;1-12-11-29-22(23-12)19(27)21-20(16-8-5-14(24)10-17(16)30-21)28-15-6-2-13(3-7-15)4-9-18(25)26/h2-12,24H,1H3,(H,25,26);2*2-11,24H,1H3,(H,25,26)/b3*9-4+. The van der Waals surface area contributed by atoms with Crippen molar-refractivity contribution in [2.45, 2.75) is 20.8 Å². The summed E-state index contributed by atoms with van der Waals surface area (Å²) in [7, 11) is 0. The molecular formula is C67H46N2O15S6. The number of phenolic OH excluding ortho intramolecular Hbond substituents is 3. The van der Waals surface area contributed by atoms with E-state index in [-0.39, 0.29) is 34.6 Å². The number of ketones is 3. The molecule has 6 heterocycles. The number of carbonyl (C=O) groups excluding carboxylic acids is 3.